The summed E-state index contributed by atoms with van der Waals surface area (Å²) in [4.78, 5) is 25.2. The largest absolute Gasteiger partial charge is 0.350 e. The lowest BCUT2D eigenvalue weighted by Gasteiger charge is -2.30. The molecule has 0 radical (unpaired) electrons. The molecule has 2 amide bonds. The summed E-state index contributed by atoms with van der Waals surface area (Å²) in [6.07, 6.45) is 9.04. The number of benzene rings is 1. The van der Waals surface area contributed by atoms with Gasteiger partial charge in [-0.1, -0.05) is 63.3 Å². The van der Waals surface area contributed by atoms with Crippen molar-refractivity contribution in [2.75, 3.05) is 0 Å². The van der Waals surface area contributed by atoms with Gasteiger partial charge < -0.3 is 16.4 Å². The number of carbonyl (C=O) groups excluding carboxylic acids is 2. The summed E-state index contributed by atoms with van der Waals surface area (Å²) in [6.45, 7) is 3.07. The second-order valence-electron chi connectivity index (χ2n) is 7.64. The number of amides is 2. The highest BCUT2D eigenvalue weighted by Crippen LogP contribution is 2.27. The number of nitrogens with one attached hydrogen (secondary N) is 2. The first-order valence-corrected chi connectivity index (χ1v) is 10.5. The molecule has 1 atom stereocenters. The molecule has 1 aromatic carbocycles. The fourth-order valence-corrected chi connectivity index (χ4v) is 3.81. The zero-order valence-corrected chi connectivity index (χ0v) is 16.6. The van der Waals surface area contributed by atoms with Crippen molar-refractivity contribution in [2.45, 2.75) is 83.8 Å². The van der Waals surface area contributed by atoms with Crippen molar-refractivity contribution in [3.8, 4) is 0 Å². The van der Waals surface area contributed by atoms with Crippen LogP contribution in [0.5, 0.6) is 0 Å². The molecule has 5 nitrogen and oxygen atoms in total. The van der Waals surface area contributed by atoms with Crippen LogP contribution in [0.4, 0.5) is 0 Å². The average Bonchev–Trinajstić information content (AvgIpc) is 2.71. The Bertz CT molecular complexity index is 597. The maximum absolute atomic E-state index is 12.9. The molecule has 0 bridgehead atoms. The van der Waals surface area contributed by atoms with Crippen molar-refractivity contribution in [2.24, 2.45) is 11.7 Å². The standard InChI is InChI=1S/C22H35N3O2/c1-2-3-5-13-20(26)25-21(19-11-6-4-7-12-19)22(27)24-16-18-10-8-9-17(14-18)15-23/h8-10,14,19,21H,2-7,11-13,15-16,23H2,1H3,(H,24,27)(H,25,26)/t21-/m0/s1. The highest BCUT2D eigenvalue weighted by Gasteiger charge is 2.30. The van der Waals surface area contributed by atoms with Crippen molar-refractivity contribution < 1.29 is 9.59 Å². The molecule has 1 aliphatic rings. The van der Waals surface area contributed by atoms with Gasteiger partial charge in [-0.25, -0.2) is 0 Å². The van der Waals surface area contributed by atoms with Crippen LogP contribution in [0.2, 0.25) is 0 Å². The van der Waals surface area contributed by atoms with Gasteiger partial charge in [0.25, 0.3) is 0 Å². The van der Waals surface area contributed by atoms with E-state index in [0.717, 1.165) is 56.1 Å². The lowest BCUT2D eigenvalue weighted by molar-refractivity contribution is -0.130. The van der Waals surface area contributed by atoms with Gasteiger partial charge in [0, 0.05) is 19.5 Å². The van der Waals surface area contributed by atoms with E-state index in [9.17, 15) is 9.59 Å². The lowest BCUT2D eigenvalue weighted by Crippen LogP contribution is -2.51. The zero-order chi connectivity index (χ0) is 19.5. The van der Waals surface area contributed by atoms with Gasteiger partial charge in [0.2, 0.25) is 11.8 Å². The number of nitrogens with two attached hydrogens (primary N) is 1. The SMILES string of the molecule is CCCCCC(=O)N[C@H](C(=O)NCc1cccc(CN)c1)C1CCCCC1. The van der Waals surface area contributed by atoms with Crippen molar-refractivity contribution in [3.05, 3.63) is 35.4 Å². The van der Waals surface area contributed by atoms with Crippen molar-refractivity contribution in [1.82, 2.24) is 10.6 Å². The van der Waals surface area contributed by atoms with Crippen molar-refractivity contribution in [1.29, 1.82) is 0 Å². The molecular weight excluding hydrogens is 338 g/mol. The van der Waals surface area contributed by atoms with Gasteiger partial charge >= 0.3 is 0 Å². The van der Waals surface area contributed by atoms with E-state index in [1.807, 2.05) is 24.3 Å². The Morgan fingerprint density at radius 1 is 1.15 bits per heavy atom. The van der Waals surface area contributed by atoms with Gasteiger partial charge in [-0.2, -0.15) is 0 Å². The molecule has 5 heteroatoms. The Hall–Kier alpha value is -1.88. The quantitative estimate of drug-likeness (QED) is 0.550. The molecule has 1 aromatic rings. The maximum atomic E-state index is 12.9. The Balaban J connectivity index is 1.95. The summed E-state index contributed by atoms with van der Waals surface area (Å²) in [7, 11) is 0. The normalized spacial score (nSPS) is 15.9. The van der Waals surface area contributed by atoms with Crippen molar-refractivity contribution >= 4 is 11.8 Å². The summed E-state index contributed by atoms with van der Waals surface area (Å²) >= 11 is 0. The Morgan fingerprint density at radius 2 is 1.89 bits per heavy atom. The lowest BCUT2D eigenvalue weighted by atomic mass is 9.83. The smallest absolute Gasteiger partial charge is 0.243 e. The number of hydrogen-bond acceptors (Lipinski definition) is 3. The molecule has 0 saturated heterocycles. The van der Waals surface area contributed by atoms with E-state index in [-0.39, 0.29) is 17.7 Å². The minimum atomic E-state index is -0.419. The van der Waals surface area contributed by atoms with Gasteiger partial charge in [0.05, 0.1) is 0 Å². The summed E-state index contributed by atoms with van der Waals surface area (Å²) < 4.78 is 0. The molecule has 1 saturated carbocycles. The third kappa shape index (κ3) is 7.33. The van der Waals surface area contributed by atoms with Gasteiger partial charge in [-0.15, -0.1) is 0 Å². The predicted octanol–water partition coefficient (Wildman–Crippen LogP) is 3.41. The fourth-order valence-electron chi connectivity index (χ4n) is 3.81. The Morgan fingerprint density at radius 3 is 2.59 bits per heavy atom. The molecule has 1 fully saturated rings. The van der Waals surface area contributed by atoms with E-state index in [1.54, 1.807) is 0 Å². The molecule has 4 N–H and O–H groups in total. The van der Waals surface area contributed by atoms with Crippen LogP contribution >= 0.6 is 0 Å². The summed E-state index contributed by atoms with van der Waals surface area (Å²) in [5, 5.41) is 6.06. The first-order valence-electron chi connectivity index (χ1n) is 10.5. The fraction of sp³-hybridized carbons (Fsp3) is 0.636. The topological polar surface area (TPSA) is 84.2 Å². The van der Waals surface area contributed by atoms with E-state index in [0.29, 0.717) is 19.5 Å². The number of rotatable bonds is 10. The highest BCUT2D eigenvalue weighted by atomic mass is 16.2. The predicted molar refractivity (Wildman–Crippen MR) is 109 cm³/mol. The van der Waals surface area contributed by atoms with E-state index < -0.39 is 6.04 Å². The van der Waals surface area contributed by atoms with E-state index in [2.05, 4.69) is 17.6 Å². The molecule has 0 heterocycles. The first-order chi connectivity index (χ1) is 13.1. The molecular formula is C22H35N3O2. The van der Waals surface area contributed by atoms with Gasteiger partial charge in [-0.05, 0) is 36.3 Å². The third-order valence-electron chi connectivity index (χ3n) is 5.42. The summed E-state index contributed by atoms with van der Waals surface area (Å²) in [6, 6.07) is 7.51. The molecule has 0 spiro atoms. The van der Waals surface area contributed by atoms with Crippen molar-refractivity contribution in [3.63, 3.8) is 0 Å². The zero-order valence-electron chi connectivity index (χ0n) is 16.6. The number of hydrogen-bond donors (Lipinski definition) is 3. The summed E-state index contributed by atoms with van der Waals surface area (Å²) in [5.41, 5.74) is 7.77. The first kappa shape index (κ1) is 21.4. The molecule has 27 heavy (non-hydrogen) atoms. The Kier molecular flexibility index (Phi) is 9.32. The van der Waals surface area contributed by atoms with E-state index in [4.69, 9.17) is 5.73 Å². The van der Waals surface area contributed by atoms with Crippen LogP contribution in [0, 0.1) is 5.92 Å². The maximum Gasteiger partial charge on any atom is 0.243 e. The molecule has 150 valence electrons. The third-order valence-corrected chi connectivity index (χ3v) is 5.42. The second-order valence-corrected chi connectivity index (χ2v) is 7.64. The minimum Gasteiger partial charge on any atom is -0.350 e. The van der Waals surface area contributed by atoms with E-state index in [1.165, 1.54) is 6.42 Å². The molecule has 0 aliphatic heterocycles. The molecule has 0 aromatic heterocycles. The average molecular weight is 374 g/mol. The molecule has 0 unspecified atom stereocenters. The number of carbonyl (C=O) groups is 2. The van der Waals surface area contributed by atoms with E-state index >= 15 is 0 Å². The van der Waals surface area contributed by atoms with Gasteiger partial charge in [0.15, 0.2) is 0 Å². The molecule has 2 rings (SSSR count). The summed E-state index contributed by atoms with van der Waals surface area (Å²) in [5.74, 6) is 0.174. The van der Waals surface area contributed by atoms with Crippen LogP contribution < -0.4 is 16.4 Å². The van der Waals surface area contributed by atoms with Crippen LogP contribution in [0.25, 0.3) is 0 Å². The Labute approximate surface area is 163 Å². The van der Waals surface area contributed by atoms with Gasteiger partial charge in [0.1, 0.15) is 6.04 Å². The minimum absolute atomic E-state index is 0.000646. The van der Waals surface area contributed by atoms with Crippen LogP contribution in [-0.4, -0.2) is 17.9 Å². The van der Waals surface area contributed by atoms with Crippen LogP contribution in [0.15, 0.2) is 24.3 Å². The highest BCUT2D eigenvalue weighted by molar-refractivity contribution is 5.87. The van der Waals surface area contributed by atoms with Crippen LogP contribution in [0.3, 0.4) is 0 Å². The van der Waals surface area contributed by atoms with Crippen LogP contribution in [0.1, 0.15) is 75.8 Å². The second kappa shape index (κ2) is 11.8. The number of unbranched alkanes of at least 4 members (excludes halogenated alkanes) is 2. The monoisotopic (exact) mass is 373 g/mol. The van der Waals surface area contributed by atoms with Crippen LogP contribution in [-0.2, 0) is 22.7 Å². The molecule has 1 aliphatic carbocycles. The van der Waals surface area contributed by atoms with Gasteiger partial charge in [-0.3, -0.25) is 9.59 Å².